The molecule has 0 saturated heterocycles. The molecule has 0 fully saturated rings. The highest BCUT2D eigenvalue weighted by Gasteiger charge is 1.97. The zero-order chi connectivity index (χ0) is 24.3. The maximum Gasteiger partial charge on any atom is -0.0269 e. The van der Waals surface area contributed by atoms with Crippen LogP contribution in [0.3, 0.4) is 0 Å². The maximum atomic E-state index is 4.83. The summed E-state index contributed by atoms with van der Waals surface area (Å²) >= 11 is 0. The number of aliphatic imine (C=N–C) groups is 2. The fraction of sp³-hybridized carbons (Fsp3) is 0.161. The SMILES string of the molecule is Cc1ccc(N=C([N-]CCC[N-]C(=Nc2ccc(C)cc2)c2ccccc2)c2ccccc2)cc1. The van der Waals surface area contributed by atoms with Crippen molar-refractivity contribution in [2.24, 2.45) is 9.98 Å². The van der Waals surface area contributed by atoms with Gasteiger partial charge < -0.3 is 20.6 Å². The molecule has 0 aliphatic rings. The van der Waals surface area contributed by atoms with Gasteiger partial charge in [0.1, 0.15) is 0 Å². The quantitative estimate of drug-likeness (QED) is 0.145. The molecule has 0 N–H and O–H groups in total. The van der Waals surface area contributed by atoms with Gasteiger partial charge in [0, 0.05) is 0 Å². The molecule has 0 radical (unpaired) electrons. The summed E-state index contributed by atoms with van der Waals surface area (Å²) in [5.74, 6) is 1.48. The van der Waals surface area contributed by atoms with Gasteiger partial charge in [-0.25, -0.2) is 0 Å². The van der Waals surface area contributed by atoms with Gasteiger partial charge in [-0.05, 0) is 36.3 Å². The van der Waals surface area contributed by atoms with Gasteiger partial charge in [-0.3, -0.25) is 0 Å². The second kappa shape index (κ2) is 12.3. The number of aryl methyl sites for hydroxylation is 2. The summed E-state index contributed by atoms with van der Waals surface area (Å²) in [5.41, 5.74) is 6.25. The van der Waals surface area contributed by atoms with Crippen molar-refractivity contribution in [2.75, 3.05) is 13.1 Å². The van der Waals surface area contributed by atoms with E-state index in [9.17, 15) is 0 Å². The third-order valence-corrected chi connectivity index (χ3v) is 5.44. The van der Waals surface area contributed by atoms with Crippen molar-refractivity contribution in [3.05, 3.63) is 142 Å². The Morgan fingerprint density at radius 2 is 0.886 bits per heavy atom. The van der Waals surface area contributed by atoms with Crippen molar-refractivity contribution in [3.63, 3.8) is 0 Å². The van der Waals surface area contributed by atoms with Gasteiger partial charge in [0.05, 0.1) is 0 Å². The lowest BCUT2D eigenvalue weighted by Crippen LogP contribution is -2.05. The van der Waals surface area contributed by atoms with Crippen LogP contribution in [0.1, 0.15) is 28.7 Å². The molecular weight excluding hydrogens is 428 g/mol. The Bertz CT molecular complexity index is 1140. The van der Waals surface area contributed by atoms with E-state index in [0.29, 0.717) is 13.1 Å². The molecule has 4 aromatic carbocycles. The Morgan fingerprint density at radius 1 is 0.514 bits per heavy atom. The standard InChI is InChI=1S/C31H30N4/c1-24-14-18-28(19-15-24)34-30(26-10-5-3-6-11-26)32-22-9-23-33-31(27-12-7-4-8-13-27)35-29-20-16-25(2)17-21-29/h3-8,10-21H,9,22-23H2,1-2H3/q-2. The molecule has 0 aliphatic carbocycles. The molecule has 0 spiro atoms. The molecule has 0 aliphatic heterocycles. The zero-order valence-corrected chi connectivity index (χ0v) is 20.3. The predicted octanol–water partition coefficient (Wildman–Crippen LogP) is 8.30. The molecule has 4 heteroatoms. The van der Waals surface area contributed by atoms with Crippen LogP contribution in [0.2, 0.25) is 0 Å². The number of amidine groups is 2. The number of benzene rings is 4. The van der Waals surface area contributed by atoms with Crippen molar-refractivity contribution in [2.45, 2.75) is 20.3 Å². The van der Waals surface area contributed by atoms with E-state index in [-0.39, 0.29) is 0 Å². The van der Waals surface area contributed by atoms with Crippen molar-refractivity contribution in [1.82, 2.24) is 0 Å². The van der Waals surface area contributed by atoms with Gasteiger partial charge in [-0.15, -0.1) is 0 Å². The second-order valence-corrected chi connectivity index (χ2v) is 8.39. The third kappa shape index (κ3) is 7.41. The van der Waals surface area contributed by atoms with Crippen molar-refractivity contribution < 1.29 is 0 Å². The van der Waals surface area contributed by atoms with Crippen molar-refractivity contribution in [1.29, 1.82) is 0 Å². The van der Waals surface area contributed by atoms with E-state index in [1.807, 2.05) is 84.9 Å². The summed E-state index contributed by atoms with van der Waals surface area (Å²) in [4.78, 5) is 9.62. The molecule has 176 valence electrons. The first-order valence-corrected chi connectivity index (χ1v) is 11.9. The van der Waals surface area contributed by atoms with E-state index >= 15 is 0 Å². The first-order chi connectivity index (χ1) is 17.2. The smallest absolute Gasteiger partial charge is 0.0269 e. The summed E-state index contributed by atoms with van der Waals surface area (Å²) in [6.45, 7) is 5.42. The van der Waals surface area contributed by atoms with Gasteiger partial charge in [0.2, 0.25) is 0 Å². The first kappa shape index (κ1) is 24.0. The summed E-state index contributed by atoms with van der Waals surface area (Å²) in [7, 11) is 0. The van der Waals surface area contributed by atoms with Crippen LogP contribution in [0.4, 0.5) is 11.4 Å². The fourth-order valence-corrected chi connectivity index (χ4v) is 3.48. The molecule has 0 heterocycles. The van der Waals surface area contributed by atoms with Gasteiger partial charge in [-0.1, -0.05) is 152 Å². The van der Waals surface area contributed by atoms with Crippen molar-refractivity contribution in [3.8, 4) is 0 Å². The summed E-state index contributed by atoms with van der Waals surface area (Å²) < 4.78 is 0. The van der Waals surface area contributed by atoms with Gasteiger partial charge in [-0.2, -0.15) is 0 Å². The Kier molecular flexibility index (Phi) is 8.44. The highest BCUT2D eigenvalue weighted by atomic mass is 15.0. The van der Waals surface area contributed by atoms with Crippen LogP contribution in [0.5, 0.6) is 0 Å². The normalized spacial score (nSPS) is 11.8. The number of hydrogen-bond donors (Lipinski definition) is 0. The zero-order valence-electron chi connectivity index (χ0n) is 20.3. The van der Waals surface area contributed by atoms with E-state index in [1.54, 1.807) is 0 Å². The van der Waals surface area contributed by atoms with E-state index in [1.165, 1.54) is 11.1 Å². The lowest BCUT2D eigenvalue weighted by molar-refractivity contribution is 0.967. The lowest BCUT2D eigenvalue weighted by atomic mass is 10.2. The maximum absolute atomic E-state index is 4.83. The highest BCUT2D eigenvalue weighted by molar-refractivity contribution is 6.10. The third-order valence-electron chi connectivity index (χ3n) is 5.44. The van der Waals surface area contributed by atoms with E-state index in [0.717, 1.165) is 40.6 Å². The minimum atomic E-state index is 0.635. The van der Waals surface area contributed by atoms with Crippen LogP contribution >= 0.6 is 0 Å². The summed E-state index contributed by atoms with van der Waals surface area (Å²) in [5, 5.41) is 9.65. The monoisotopic (exact) mass is 458 g/mol. The average Bonchev–Trinajstić information content (AvgIpc) is 2.90. The minimum absolute atomic E-state index is 0.635. The van der Waals surface area contributed by atoms with Gasteiger partial charge in [0.15, 0.2) is 0 Å². The molecular formula is C31H30N4-2. The van der Waals surface area contributed by atoms with E-state index in [2.05, 4.69) is 38.1 Å². The molecule has 35 heavy (non-hydrogen) atoms. The first-order valence-electron chi connectivity index (χ1n) is 11.9. The molecule has 0 atom stereocenters. The molecule has 0 aromatic heterocycles. The van der Waals surface area contributed by atoms with Crippen LogP contribution in [-0.4, -0.2) is 24.8 Å². The summed E-state index contributed by atoms with van der Waals surface area (Å²) in [6.07, 6.45) is 0.805. The van der Waals surface area contributed by atoms with E-state index < -0.39 is 0 Å². The van der Waals surface area contributed by atoms with Crippen molar-refractivity contribution >= 4 is 23.0 Å². The van der Waals surface area contributed by atoms with Gasteiger partial charge >= 0.3 is 0 Å². The molecule has 4 nitrogen and oxygen atoms in total. The van der Waals surface area contributed by atoms with E-state index in [4.69, 9.17) is 20.6 Å². The molecule has 0 saturated carbocycles. The summed E-state index contributed by atoms with van der Waals surface area (Å²) in [6, 6.07) is 36.6. The molecule has 4 rings (SSSR count). The van der Waals surface area contributed by atoms with Crippen LogP contribution < -0.4 is 0 Å². The van der Waals surface area contributed by atoms with Crippen LogP contribution in [-0.2, 0) is 0 Å². The second-order valence-electron chi connectivity index (χ2n) is 8.39. The predicted molar refractivity (Wildman–Crippen MR) is 149 cm³/mol. The van der Waals surface area contributed by atoms with Crippen LogP contribution in [0.15, 0.2) is 119 Å². The fourth-order valence-electron chi connectivity index (χ4n) is 3.48. The number of hydrogen-bond acceptors (Lipinski definition) is 2. The number of rotatable bonds is 8. The largest absolute Gasteiger partial charge is 0.465 e. The number of nitrogens with zero attached hydrogens (tertiary/aromatic N) is 4. The molecule has 0 unspecified atom stereocenters. The Morgan fingerprint density at radius 3 is 1.26 bits per heavy atom. The molecule has 0 bridgehead atoms. The van der Waals surface area contributed by atoms with Crippen LogP contribution in [0.25, 0.3) is 10.6 Å². The molecule has 4 aromatic rings. The Hall–Kier alpha value is -4.18. The van der Waals surface area contributed by atoms with Crippen LogP contribution in [0, 0.1) is 13.8 Å². The average molecular weight is 459 g/mol. The highest BCUT2D eigenvalue weighted by Crippen LogP contribution is 2.19. The Balaban J connectivity index is 1.41. The minimum Gasteiger partial charge on any atom is -0.465 e. The Labute approximate surface area is 208 Å². The topological polar surface area (TPSA) is 52.9 Å². The van der Waals surface area contributed by atoms with Gasteiger partial charge in [0.25, 0.3) is 0 Å². The molecule has 0 amide bonds. The lowest BCUT2D eigenvalue weighted by Gasteiger charge is -2.23.